The van der Waals surface area contributed by atoms with Gasteiger partial charge in [-0.15, -0.1) is 0 Å². The molecule has 4 aromatic rings. The molecule has 0 saturated carbocycles. The fraction of sp³-hybridized carbons (Fsp3) is 0.174. The Morgan fingerprint density at radius 2 is 1.87 bits per heavy atom. The highest BCUT2D eigenvalue weighted by atomic mass is 16.5. The highest BCUT2D eigenvalue weighted by Gasteiger charge is 2.13. The highest BCUT2D eigenvalue weighted by Crippen LogP contribution is 2.21. The molecule has 30 heavy (non-hydrogen) atoms. The maximum atomic E-state index is 12.8. The van der Waals surface area contributed by atoms with Crippen LogP contribution in [-0.2, 0) is 13.5 Å². The number of para-hydroxylation sites is 2. The van der Waals surface area contributed by atoms with Crippen molar-refractivity contribution in [2.75, 3.05) is 19.0 Å². The quantitative estimate of drug-likeness (QED) is 0.494. The first-order valence-corrected chi connectivity index (χ1v) is 9.70. The zero-order valence-corrected chi connectivity index (χ0v) is 16.9. The second-order valence-corrected chi connectivity index (χ2v) is 6.83. The van der Waals surface area contributed by atoms with E-state index in [9.17, 15) is 4.79 Å². The minimum absolute atomic E-state index is 0.183. The Morgan fingerprint density at radius 1 is 1.07 bits per heavy atom. The van der Waals surface area contributed by atoms with Gasteiger partial charge in [0.05, 0.1) is 23.7 Å². The number of hydrogen-bond acceptors (Lipinski definition) is 5. The Morgan fingerprint density at radius 3 is 2.63 bits per heavy atom. The predicted octanol–water partition coefficient (Wildman–Crippen LogP) is 3.69. The molecule has 7 nitrogen and oxygen atoms in total. The first-order chi connectivity index (χ1) is 14.7. The summed E-state index contributed by atoms with van der Waals surface area (Å²) in [5, 5.41) is 6.17. The second kappa shape index (κ2) is 8.65. The summed E-state index contributed by atoms with van der Waals surface area (Å²) >= 11 is 0. The molecule has 0 aliphatic rings. The van der Waals surface area contributed by atoms with Gasteiger partial charge in [0.2, 0.25) is 0 Å². The number of hydrogen-bond donors (Lipinski definition) is 2. The van der Waals surface area contributed by atoms with Crippen LogP contribution in [-0.4, -0.2) is 34.1 Å². The summed E-state index contributed by atoms with van der Waals surface area (Å²) in [6.45, 7) is 0.479. The van der Waals surface area contributed by atoms with Crippen LogP contribution >= 0.6 is 0 Å². The fourth-order valence-electron chi connectivity index (χ4n) is 3.30. The molecule has 0 aliphatic carbocycles. The summed E-state index contributed by atoms with van der Waals surface area (Å²) in [5.74, 6) is 2.02. The molecule has 2 heterocycles. The number of carbonyl (C=O) groups excluding carboxylic acids is 1. The number of ether oxygens (including phenoxy) is 1. The number of aryl methyl sites for hydroxylation is 1. The molecule has 0 atom stereocenters. The van der Waals surface area contributed by atoms with Crippen molar-refractivity contribution in [3.8, 4) is 5.75 Å². The minimum atomic E-state index is -0.183. The molecule has 2 aromatic carbocycles. The molecule has 2 N–H and O–H groups in total. The number of nitrogens with one attached hydrogen (secondary N) is 2. The molecule has 1 amide bonds. The lowest BCUT2D eigenvalue weighted by Crippen LogP contribution is -2.27. The third-order valence-electron chi connectivity index (χ3n) is 4.92. The van der Waals surface area contributed by atoms with Crippen molar-refractivity contribution in [1.82, 2.24) is 19.9 Å². The van der Waals surface area contributed by atoms with Crippen LogP contribution in [0.4, 0.5) is 11.5 Å². The van der Waals surface area contributed by atoms with Gasteiger partial charge in [-0.2, -0.15) is 0 Å². The molecule has 0 saturated heterocycles. The van der Waals surface area contributed by atoms with E-state index >= 15 is 0 Å². The Balaban J connectivity index is 1.42. The number of carbonyl (C=O) groups is 1. The van der Waals surface area contributed by atoms with E-state index in [1.165, 1.54) is 0 Å². The van der Waals surface area contributed by atoms with Gasteiger partial charge in [-0.25, -0.2) is 9.97 Å². The molecule has 7 heteroatoms. The van der Waals surface area contributed by atoms with Crippen LogP contribution in [0.25, 0.3) is 11.0 Å². The van der Waals surface area contributed by atoms with Crippen LogP contribution in [0, 0.1) is 0 Å². The highest BCUT2D eigenvalue weighted by molar-refractivity contribution is 5.99. The van der Waals surface area contributed by atoms with Crippen molar-refractivity contribution in [3.63, 3.8) is 0 Å². The Kier molecular flexibility index (Phi) is 5.61. The summed E-state index contributed by atoms with van der Waals surface area (Å²) in [6.07, 6.45) is 2.29. The fourth-order valence-corrected chi connectivity index (χ4v) is 3.30. The molecular formula is C23H23N5O2. The number of fused-ring (bicyclic) bond motifs is 1. The predicted molar refractivity (Wildman–Crippen MR) is 117 cm³/mol. The average Bonchev–Trinajstić information content (AvgIpc) is 3.10. The monoisotopic (exact) mass is 401 g/mol. The van der Waals surface area contributed by atoms with Crippen molar-refractivity contribution < 1.29 is 9.53 Å². The summed E-state index contributed by atoms with van der Waals surface area (Å²) in [7, 11) is 3.61. The van der Waals surface area contributed by atoms with Crippen molar-refractivity contribution in [2.24, 2.45) is 7.05 Å². The van der Waals surface area contributed by atoms with E-state index in [-0.39, 0.29) is 5.91 Å². The molecule has 0 spiro atoms. The third-order valence-corrected chi connectivity index (χ3v) is 4.92. The number of aromatic nitrogens is 3. The van der Waals surface area contributed by atoms with Gasteiger partial charge < -0.3 is 19.9 Å². The van der Waals surface area contributed by atoms with Gasteiger partial charge in [-0.05, 0) is 48.5 Å². The molecular weight excluding hydrogens is 378 g/mol. The lowest BCUT2D eigenvalue weighted by atomic mass is 10.2. The zero-order valence-electron chi connectivity index (χ0n) is 16.9. The van der Waals surface area contributed by atoms with E-state index in [2.05, 4.69) is 25.2 Å². The van der Waals surface area contributed by atoms with Gasteiger partial charge in [0.1, 0.15) is 17.4 Å². The van der Waals surface area contributed by atoms with Crippen LogP contribution in [0.2, 0.25) is 0 Å². The maximum Gasteiger partial charge on any atom is 0.255 e. The van der Waals surface area contributed by atoms with Gasteiger partial charge in [-0.1, -0.05) is 12.1 Å². The normalized spacial score (nSPS) is 10.7. The SMILES string of the molecule is COc1ccc(Nc2ncccc2C(=O)NCCc2nc3ccccc3n2C)cc1. The molecule has 0 fully saturated rings. The number of amides is 1. The van der Waals surface area contributed by atoms with E-state index < -0.39 is 0 Å². The first-order valence-electron chi connectivity index (χ1n) is 9.70. The van der Waals surface area contributed by atoms with E-state index in [0.717, 1.165) is 28.3 Å². The standard InChI is InChI=1S/C23H23N5O2/c1-28-20-8-4-3-7-19(20)27-21(28)13-15-25-23(29)18-6-5-14-24-22(18)26-16-9-11-17(30-2)12-10-16/h3-12,14H,13,15H2,1-2H3,(H,24,26)(H,25,29). The molecule has 4 rings (SSSR count). The topological polar surface area (TPSA) is 81.1 Å². The second-order valence-electron chi connectivity index (χ2n) is 6.83. The lowest BCUT2D eigenvalue weighted by molar-refractivity contribution is 0.0954. The number of pyridine rings is 1. The van der Waals surface area contributed by atoms with E-state index in [4.69, 9.17) is 4.74 Å². The van der Waals surface area contributed by atoms with Crippen LogP contribution in [0.1, 0.15) is 16.2 Å². The largest absolute Gasteiger partial charge is 0.497 e. The first kappa shape index (κ1) is 19.4. The van der Waals surface area contributed by atoms with Crippen molar-refractivity contribution in [3.05, 3.63) is 78.2 Å². The Hall–Kier alpha value is -3.87. The third kappa shape index (κ3) is 4.10. The lowest BCUT2D eigenvalue weighted by Gasteiger charge is -2.11. The van der Waals surface area contributed by atoms with Crippen LogP contribution in [0.5, 0.6) is 5.75 Å². The van der Waals surface area contributed by atoms with E-state index in [1.807, 2.05) is 55.6 Å². The summed E-state index contributed by atoms with van der Waals surface area (Å²) in [5.41, 5.74) is 3.35. The van der Waals surface area contributed by atoms with E-state index in [0.29, 0.717) is 24.3 Å². The maximum absolute atomic E-state index is 12.8. The Labute approximate surface area is 174 Å². The van der Waals surface area contributed by atoms with Crippen molar-refractivity contribution >= 4 is 28.4 Å². The van der Waals surface area contributed by atoms with Gasteiger partial charge >= 0.3 is 0 Å². The molecule has 152 valence electrons. The number of benzene rings is 2. The van der Waals surface area contributed by atoms with Gasteiger partial charge in [0.15, 0.2) is 0 Å². The average molecular weight is 401 g/mol. The van der Waals surface area contributed by atoms with Crippen molar-refractivity contribution in [2.45, 2.75) is 6.42 Å². The smallest absolute Gasteiger partial charge is 0.255 e. The number of nitrogens with zero attached hydrogens (tertiary/aromatic N) is 3. The van der Waals surface area contributed by atoms with Crippen LogP contribution in [0.3, 0.4) is 0 Å². The summed E-state index contributed by atoms with van der Waals surface area (Å²) in [4.78, 5) is 21.7. The summed E-state index contributed by atoms with van der Waals surface area (Å²) in [6, 6.07) is 19.0. The molecule has 2 aromatic heterocycles. The number of rotatable bonds is 7. The van der Waals surface area contributed by atoms with Crippen LogP contribution in [0.15, 0.2) is 66.9 Å². The number of methoxy groups -OCH3 is 1. The Bertz CT molecular complexity index is 1170. The van der Waals surface area contributed by atoms with E-state index in [1.54, 1.807) is 25.4 Å². The summed E-state index contributed by atoms with van der Waals surface area (Å²) < 4.78 is 7.23. The number of anilines is 2. The van der Waals surface area contributed by atoms with Gasteiger partial charge in [0.25, 0.3) is 5.91 Å². The van der Waals surface area contributed by atoms with Crippen molar-refractivity contribution in [1.29, 1.82) is 0 Å². The van der Waals surface area contributed by atoms with Gasteiger partial charge in [-0.3, -0.25) is 4.79 Å². The molecule has 0 aliphatic heterocycles. The van der Waals surface area contributed by atoms with Crippen LogP contribution < -0.4 is 15.4 Å². The van der Waals surface area contributed by atoms with Gasteiger partial charge in [0, 0.05) is 31.9 Å². The molecule has 0 radical (unpaired) electrons. The number of imidazole rings is 1. The molecule has 0 unspecified atom stereocenters. The zero-order chi connectivity index (χ0) is 20.9. The molecule has 0 bridgehead atoms. The minimum Gasteiger partial charge on any atom is -0.497 e.